The number of hydrogen-bond acceptors (Lipinski definition) is 5. The number of aromatic nitrogens is 1. The minimum Gasteiger partial charge on any atom is -0.366 e. The molecular formula is C17H18FN5. The van der Waals surface area contributed by atoms with Gasteiger partial charge in [0.25, 0.3) is 0 Å². The van der Waals surface area contributed by atoms with E-state index in [2.05, 4.69) is 20.5 Å². The molecule has 1 aliphatic rings. The number of nitriles is 1. The summed E-state index contributed by atoms with van der Waals surface area (Å²) in [6, 6.07) is 12.2. The van der Waals surface area contributed by atoms with Gasteiger partial charge in [-0.15, -0.1) is 0 Å². The second kappa shape index (κ2) is 7.07. The summed E-state index contributed by atoms with van der Waals surface area (Å²) in [5, 5.41) is 15.2. The summed E-state index contributed by atoms with van der Waals surface area (Å²) in [4.78, 5) is 6.81. The molecular weight excluding hydrogens is 293 g/mol. The van der Waals surface area contributed by atoms with Gasteiger partial charge < -0.3 is 15.5 Å². The standard InChI is InChI=1S/C17H18FN5/c18-15-10-13(11-19)4-5-14(15)12-21-16-2-1-3-17(22-16)23-8-6-20-7-9-23/h1-5,10,20H,6-9,12H2,(H,21,22). The molecule has 0 spiro atoms. The maximum Gasteiger partial charge on any atom is 0.131 e. The summed E-state index contributed by atoms with van der Waals surface area (Å²) >= 11 is 0. The molecule has 0 saturated carbocycles. The van der Waals surface area contributed by atoms with Gasteiger partial charge in [0, 0.05) is 38.3 Å². The monoisotopic (exact) mass is 311 g/mol. The predicted octanol–water partition coefficient (Wildman–Crippen LogP) is 2.11. The molecule has 0 radical (unpaired) electrons. The fourth-order valence-corrected chi connectivity index (χ4v) is 2.54. The van der Waals surface area contributed by atoms with Crippen LogP contribution >= 0.6 is 0 Å². The first kappa shape index (κ1) is 15.3. The molecule has 0 atom stereocenters. The Balaban J connectivity index is 1.67. The van der Waals surface area contributed by atoms with Gasteiger partial charge in [0.15, 0.2) is 0 Å². The smallest absolute Gasteiger partial charge is 0.131 e. The van der Waals surface area contributed by atoms with Crippen LogP contribution in [-0.2, 0) is 6.54 Å². The molecule has 0 aliphatic carbocycles. The topological polar surface area (TPSA) is 64.0 Å². The fourth-order valence-electron chi connectivity index (χ4n) is 2.54. The molecule has 1 aliphatic heterocycles. The van der Waals surface area contributed by atoms with Crippen LogP contribution in [0, 0.1) is 17.1 Å². The lowest BCUT2D eigenvalue weighted by atomic mass is 10.1. The number of piperazine rings is 1. The van der Waals surface area contributed by atoms with Crippen LogP contribution in [0.3, 0.4) is 0 Å². The van der Waals surface area contributed by atoms with Gasteiger partial charge in [-0.2, -0.15) is 5.26 Å². The third kappa shape index (κ3) is 3.76. The SMILES string of the molecule is N#Cc1ccc(CNc2cccc(N3CCNCC3)n2)c(F)c1. The van der Waals surface area contributed by atoms with E-state index in [1.165, 1.54) is 6.07 Å². The zero-order valence-corrected chi connectivity index (χ0v) is 12.7. The van der Waals surface area contributed by atoms with Crippen molar-refractivity contribution in [2.75, 3.05) is 36.4 Å². The number of anilines is 2. The second-order valence-corrected chi connectivity index (χ2v) is 5.39. The zero-order valence-electron chi connectivity index (χ0n) is 12.7. The van der Waals surface area contributed by atoms with Gasteiger partial charge in [-0.25, -0.2) is 9.37 Å². The summed E-state index contributed by atoms with van der Waals surface area (Å²) in [5.74, 6) is 1.26. The third-order valence-corrected chi connectivity index (χ3v) is 3.82. The van der Waals surface area contributed by atoms with Crippen LogP contribution in [0.25, 0.3) is 0 Å². The number of halogens is 1. The summed E-state index contributed by atoms with van der Waals surface area (Å²) in [6.45, 7) is 4.10. The fraction of sp³-hybridized carbons (Fsp3) is 0.294. The number of nitrogens with one attached hydrogen (secondary N) is 2. The molecule has 0 unspecified atom stereocenters. The summed E-state index contributed by atoms with van der Waals surface area (Å²) in [7, 11) is 0. The van der Waals surface area contributed by atoms with E-state index in [0.717, 1.165) is 32.0 Å². The average Bonchev–Trinajstić information content (AvgIpc) is 2.61. The minimum atomic E-state index is -0.380. The molecule has 23 heavy (non-hydrogen) atoms. The van der Waals surface area contributed by atoms with Crippen LogP contribution in [-0.4, -0.2) is 31.2 Å². The third-order valence-electron chi connectivity index (χ3n) is 3.82. The van der Waals surface area contributed by atoms with E-state index in [1.54, 1.807) is 12.1 Å². The normalized spacial score (nSPS) is 14.3. The predicted molar refractivity (Wildman–Crippen MR) is 87.8 cm³/mol. The molecule has 6 heteroatoms. The highest BCUT2D eigenvalue weighted by atomic mass is 19.1. The molecule has 0 amide bonds. The Morgan fingerprint density at radius 3 is 2.83 bits per heavy atom. The van der Waals surface area contributed by atoms with Crippen LogP contribution < -0.4 is 15.5 Å². The van der Waals surface area contributed by atoms with Crippen molar-refractivity contribution < 1.29 is 4.39 Å². The van der Waals surface area contributed by atoms with Crippen molar-refractivity contribution >= 4 is 11.6 Å². The molecule has 3 rings (SSSR count). The highest BCUT2D eigenvalue weighted by Crippen LogP contribution is 2.16. The maximum atomic E-state index is 13.9. The highest BCUT2D eigenvalue weighted by Gasteiger charge is 2.12. The quantitative estimate of drug-likeness (QED) is 0.905. The molecule has 2 aromatic rings. The van der Waals surface area contributed by atoms with Crippen molar-refractivity contribution in [1.82, 2.24) is 10.3 Å². The Morgan fingerprint density at radius 2 is 2.09 bits per heavy atom. The minimum absolute atomic E-state index is 0.324. The molecule has 5 nitrogen and oxygen atoms in total. The number of pyridine rings is 1. The van der Waals surface area contributed by atoms with Crippen LogP contribution in [0.1, 0.15) is 11.1 Å². The van der Waals surface area contributed by atoms with Gasteiger partial charge in [0.2, 0.25) is 0 Å². The molecule has 1 aromatic heterocycles. The lowest BCUT2D eigenvalue weighted by molar-refractivity contribution is 0.585. The summed E-state index contributed by atoms with van der Waals surface area (Å²) in [5.41, 5.74) is 0.837. The van der Waals surface area contributed by atoms with Gasteiger partial charge in [-0.05, 0) is 24.3 Å². The van der Waals surface area contributed by atoms with Crippen molar-refractivity contribution in [2.45, 2.75) is 6.54 Å². The van der Waals surface area contributed by atoms with E-state index in [9.17, 15) is 4.39 Å². The zero-order chi connectivity index (χ0) is 16.1. The number of rotatable bonds is 4. The molecule has 2 heterocycles. The molecule has 2 N–H and O–H groups in total. The first-order chi connectivity index (χ1) is 11.3. The lowest BCUT2D eigenvalue weighted by Gasteiger charge is -2.28. The van der Waals surface area contributed by atoms with Crippen LogP contribution in [0.15, 0.2) is 36.4 Å². The molecule has 1 saturated heterocycles. The molecule has 1 aromatic carbocycles. The Labute approximate surface area is 134 Å². The number of nitrogens with zero attached hydrogens (tertiary/aromatic N) is 3. The van der Waals surface area contributed by atoms with Crippen molar-refractivity contribution in [3.8, 4) is 6.07 Å². The first-order valence-corrected chi connectivity index (χ1v) is 7.61. The first-order valence-electron chi connectivity index (χ1n) is 7.61. The summed E-state index contributed by atoms with van der Waals surface area (Å²) < 4.78 is 13.9. The van der Waals surface area contributed by atoms with Crippen LogP contribution in [0.2, 0.25) is 0 Å². The highest BCUT2D eigenvalue weighted by molar-refractivity contribution is 5.48. The van der Waals surface area contributed by atoms with E-state index in [1.807, 2.05) is 24.3 Å². The van der Waals surface area contributed by atoms with Gasteiger partial charge in [0.1, 0.15) is 17.5 Å². The average molecular weight is 311 g/mol. The van der Waals surface area contributed by atoms with E-state index < -0.39 is 0 Å². The van der Waals surface area contributed by atoms with Crippen molar-refractivity contribution in [3.05, 3.63) is 53.3 Å². The Bertz CT molecular complexity index is 719. The van der Waals surface area contributed by atoms with E-state index in [4.69, 9.17) is 5.26 Å². The van der Waals surface area contributed by atoms with Crippen LogP contribution in [0.5, 0.6) is 0 Å². The number of hydrogen-bond donors (Lipinski definition) is 2. The van der Waals surface area contributed by atoms with Gasteiger partial charge in [-0.3, -0.25) is 0 Å². The summed E-state index contributed by atoms with van der Waals surface area (Å²) in [6.07, 6.45) is 0. The van der Waals surface area contributed by atoms with Gasteiger partial charge >= 0.3 is 0 Å². The maximum absolute atomic E-state index is 13.9. The van der Waals surface area contributed by atoms with Crippen molar-refractivity contribution in [3.63, 3.8) is 0 Å². The van der Waals surface area contributed by atoms with E-state index in [-0.39, 0.29) is 5.82 Å². The van der Waals surface area contributed by atoms with Gasteiger partial charge in [-0.1, -0.05) is 12.1 Å². The van der Waals surface area contributed by atoms with Crippen molar-refractivity contribution in [1.29, 1.82) is 5.26 Å². The van der Waals surface area contributed by atoms with E-state index in [0.29, 0.717) is 23.5 Å². The molecule has 118 valence electrons. The Hall–Kier alpha value is -2.65. The number of benzene rings is 1. The lowest BCUT2D eigenvalue weighted by Crippen LogP contribution is -2.43. The Kier molecular flexibility index (Phi) is 4.69. The Morgan fingerprint density at radius 1 is 1.26 bits per heavy atom. The van der Waals surface area contributed by atoms with Crippen LogP contribution in [0.4, 0.5) is 16.0 Å². The van der Waals surface area contributed by atoms with Crippen molar-refractivity contribution in [2.24, 2.45) is 0 Å². The largest absolute Gasteiger partial charge is 0.366 e. The molecule has 1 fully saturated rings. The molecule has 0 bridgehead atoms. The van der Waals surface area contributed by atoms with Gasteiger partial charge in [0.05, 0.1) is 11.6 Å². The second-order valence-electron chi connectivity index (χ2n) is 5.39. The van der Waals surface area contributed by atoms with E-state index >= 15 is 0 Å².